The van der Waals surface area contributed by atoms with Crippen molar-refractivity contribution in [3.8, 4) is 22.7 Å². The molecule has 0 unspecified atom stereocenters. The third kappa shape index (κ3) is 3.71. The van der Waals surface area contributed by atoms with Gasteiger partial charge in [0.15, 0.2) is 5.69 Å². The molecule has 0 amide bonds. The first-order valence-corrected chi connectivity index (χ1v) is 8.43. The summed E-state index contributed by atoms with van der Waals surface area (Å²) in [6, 6.07) is 12.3. The molecular weight excluding hydrogens is 379 g/mol. The van der Waals surface area contributed by atoms with Crippen molar-refractivity contribution in [2.45, 2.75) is 0 Å². The first-order chi connectivity index (χ1) is 13.9. The number of phenolic OH excluding ortho intramolecular Hbond substituents is 1. The molecule has 0 aliphatic heterocycles. The number of hydrogen-bond donors (Lipinski definition) is 3. The summed E-state index contributed by atoms with van der Waals surface area (Å²) >= 11 is 0. The highest BCUT2D eigenvalue weighted by Crippen LogP contribution is 2.33. The Bertz CT molecular complexity index is 1060. The molecule has 0 bridgehead atoms. The fourth-order valence-corrected chi connectivity index (χ4v) is 2.85. The van der Waals surface area contributed by atoms with Crippen LogP contribution in [0.4, 0.5) is 0 Å². The van der Waals surface area contributed by atoms with Crippen molar-refractivity contribution in [1.82, 2.24) is 9.78 Å². The van der Waals surface area contributed by atoms with E-state index >= 15 is 0 Å². The number of phenols is 1. The standard InChI is InChI=1S/C19H17BN2O7/c1-28-18(24)15-16(13-10-11(20(26)27)8-9-14(13)23)21-22(17(15)19(25)29-2)12-6-4-3-5-7-12/h3-10,23,26-27H,1-2H3. The van der Waals surface area contributed by atoms with E-state index in [-0.39, 0.29) is 33.7 Å². The summed E-state index contributed by atoms with van der Waals surface area (Å²) in [4.78, 5) is 25.1. The summed E-state index contributed by atoms with van der Waals surface area (Å²) in [5.74, 6) is -2.00. The number of rotatable bonds is 5. The van der Waals surface area contributed by atoms with E-state index in [2.05, 4.69) is 5.10 Å². The first kappa shape index (κ1) is 20.1. The maximum atomic E-state index is 12.6. The Kier molecular flexibility index (Phi) is 5.67. The van der Waals surface area contributed by atoms with E-state index < -0.39 is 19.1 Å². The van der Waals surface area contributed by atoms with Crippen molar-refractivity contribution in [3.05, 3.63) is 59.8 Å². The predicted molar refractivity (Wildman–Crippen MR) is 103 cm³/mol. The molecule has 0 saturated carbocycles. The van der Waals surface area contributed by atoms with Gasteiger partial charge in [0, 0.05) is 5.56 Å². The molecule has 10 heteroatoms. The summed E-state index contributed by atoms with van der Waals surface area (Å²) < 4.78 is 10.8. The van der Waals surface area contributed by atoms with Gasteiger partial charge in [-0.1, -0.05) is 24.3 Å². The van der Waals surface area contributed by atoms with Gasteiger partial charge in [-0.05, 0) is 29.7 Å². The SMILES string of the molecule is COC(=O)c1c(-c2cc(B(O)O)ccc2O)nn(-c2ccccc2)c1C(=O)OC. The van der Waals surface area contributed by atoms with Gasteiger partial charge in [0.2, 0.25) is 0 Å². The first-order valence-electron chi connectivity index (χ1n) is 8.43. The van der Waals surface area contributed by atoms with E-state index in [4.69, 9.17) is 9.47 Å². The van der Waals surface area contributed by atoms with Crippen LogP contribution in [0.1, 0.15) is 20.8 Å². The molecule has 1 heterocycles. The average Bonchev–Trinajstić information content (AvgIpc) is 3.13. The highest BCUT2D eigenvalue weighted by Gasteiger charge is 2.32. The second-order valence-corrected chi connectivity index (χ2v) is 5.95. The molecule has 9 nitrogen and oxygen atoms in total. The topological polar surface area (TPSA) is 131 Å². The molecular formula is C19H17BN2O7. The normalized spacial score (nSPS) is 10.5. The maximum absolute atomic E-state index is 12.6. The highest BCUT2D eigenvalue weighted by atomic mass is 16.5. The van der Waals surface area contributed by atoms with Crippen molar-refractivity contribution in [1.29, 1.82) is 0 Å². The van der Waals surface area contributed by atoms with Crippen LogP contribution < -0.4 is 5.46 Å². The number of aromatic hydroxyl groups is 1. The fourth-order valence-electron chi connectivity index (χ4n) is 2.85. The van der Waals surface area contributed by atoms with Gasteiger partial charge < -0.3 is 24.6 Å². The molecule has 0 aliphatic rings. The number of methoxy groups -OCH3 is 2. The Morgan fingerprint density at radius 2 is 1.66 bits per heavy atom. The predicted octanol–water partition coefficient (Wildman–Crippen LogP) is 0.498. The molecule has 0 fully saturated rings. The highest BCUT2D eigenvalue weighted by molar-refractivity contribution is 6.58. The molecule has 148 valence electrons. The summed E-state index contributed by atoms with van der Waals surface area (Å²) in [5.41, 5.74) is 0.0135. The van der Waals surface area contributed by atoms with Gasteiger partial charge in [0.1, 0.15) is 17.0 Å². The molecule has 29 heavy (non-hydrogen) atoms. The molecule has 3 aromatic rings. The van der Waals surface area contributed by atoms with E-state index in [1.165, 1.54) is 22.9 Å². The minimum atomic E-state index is -1.81. The van der Waals surface area contributed by atoms with E-state index in [0.29, 0.717) is 5.69 Å². The second-order valence-electron chi connectivity index (χ2n) is 5.95. The Morgan fingerprint density at radius 1 is 1.00 bits per heavy atom. The number of para-hydroxylation sites is 1. The molecule has 0 saturated heterocycles. The van der Waals surface area contributed by atoms with Crippen LogP contribution in [0, 0.1) is 0 Å². The van der Waals surface area contributed by atoms with Crippen LogP contribution in [0.2, 0.25) is 0 Å². The summed E-state index contributed by atoms with van der Waals surface area (Å²) in [6.45, 7) is 0. The number of carbonyl (C=O) groups is 2. The van der Waals surface area contributed by atoms with Crippen LogP contribution in [0.3, 0.4) is 0 Å². The summed E-state index contributed by atoms with van der Waals surface area (Å²) in [5, 5.41) is 33.6. The van der Waals surface area contributed by atoms with Gasteiger partial charge in [0.25, 0.3) is 0 Å². The Balaban J connectivity index is 2.39. The van der Waals surface area contributed by atoms with Crippen LogP contribution in [-0.2, 0) is 9.47 Å². The van der Waals surface area contributed by atoms with Crippen LogP contribution in [0.15, 0.2) is 48.5 Å². The number of hydrogen-bond acceptors (Lipinski definition) is 8. The summed E-state index contributed by atoms with van der Waals surface area (Å²) in [7, 11) is 0.485. The lowest BCUT2D eigenvalue weighted by atomic mass is 9.79. The van der Waals surface area contributed by atoms with Crippen LogP contribution in [-0.4, -0.2) is 58.2 Å². The number of nitrogens with zero attached hydrogens (tertiary/aromatic N) is 2. The van der Waals surface area contributed by atoms with E-state index in [9.17, 15) is 24.7 Å². The fraction of sp³-hybridized carbons (Fsp3) is 0.105. The lowest BCUT2D eigenvalue weighted by molar-refractivity contribution is 0.0549. The number of ether oxygens (including phenoxy) is 2. The molecule has 3 N–H and O–H groups in total. The number of aromatic nitrogens is 2. The molecule has 3 rings (SSSR count). The molecule has 0 spiro atoms. The van der Waals surface area contributed by atoms with Crippen molar-refractivity contribution >= 4 is 24.5 Å². The van der Waals surface area contributed by atoms with E-state index in [0.717, 1.165) is 14.2 Å². The van der Waals surface area contributed by atoms with Gasteiger partial charge in [-0.2, -0.15) is 5.10 Å². The van der Waals surface area contributed by atoms with Crippen molar-refractivity contribution in [2.24, 2.45) is 0 Å². The Morgan fingerprint density at radius 3 is 2.24 bits per heavy atom. The van der Waals surface area contributed by atoms with Gasteiger partial charge in [0.05, 0.1) is 19.9 Å². The summed E-state index contributed by atoms with van der Waals surface area (Å²) in [6.07, 6.45) is 0. The lowest BCUT2D eigenvalue weighted by Gasteiger charge is -2.08. The third-order valence-corrected chi connectivity index (χ3v) is 4.23. The Hall–Kier alpha value is -3.63. The second kappa shape index (κ2) is 8.17. The molecule has 0 radical (unpaired) electrons. The molecule has 1 aromatic heterocycles. The zero-order valence-electron chi connectivity index (χ0n) is 15.6. The monoisotopic (exact) mass is 396 g/mol. The smallest absolute Gasteiger partial charge is 0.488 e. The van der Waals surface area contributed by atoms with Gasteiger partial charge in [-0.15, -0.1) is 0 Å². The number of esters is 2. The lowest BCUT2D eigenvalue weighted by Crippen LogP contribution is -2.29. The molecule has 0 atom stereocenters. The van der Waals surface area contributed by atoms with E-state index in [1.54, 1.807) is 30.3 Å². The number of benzene rings is 2. The van der Waals surface area contributed by atoms with Gasteiger partial charge in [-0.3, -0.25) is 0 Å². The molecule has 2 aromatic carbocycles. The third-order valence-electron chi connectivity index (χ3n) is 4.23. The Labute approximate surface area is 165 Å². The zero-order valence-corrected chi connectivity index (χ0v) is 15.6. The van der Waals surface area contributed by atoms with Crippen molar-refractivity contribution in [2.75, 3.05) is 14.2 Å². The van der Waals surface area contributed by atoms with Crippen LogP contribution >= 0.6 is 0 Å². The molecule has 0 aliphatic carbocycles. The van der Waals surface area contributed by atoms with Crippen molar-refractivity contribution < 1.29 is 34.2 Å². The van der Waals surface area contributed by atoms with Crippen molar-refractivity contribution in [3.63, 3.8) is 0 Å². The quantitative estimate of drug-likeness (QED) is 0.420. The van der Waals surface area contributed by atoms with Gasteiger partial charge >= 0.3 is 19.1 Å². The van der Waals surface area contributed by atoms with Crippen LogP contribution in [0.5, 0.6) is 5.75 Å². The van der Waals surface area contributed by atoms with E-state index in [1.807, 2.05) is 0 Å². The minimum absolute atomic E-state index is 0.0100. The van der Waals surface area contributed by atoms with Crippen LogP contribution in [0.25, 0.3) is 16.9 Å². The minimum Gasteiger partial charge on any atom is -0.507 e. The van der Waals surface area contributed by atoms with Gasteiger partial charge in [-0.25, -0.2) is 14.3 Å². The number of carbonyl (C=O) groups excluding carboxylic acids is 2. The largest absolute Gasteiger partial charge is 0.507 e. The average molecular weight is 396 g/mol. The zero-order chi connectivity index (χ0) is 21.1. The maximum Gasteiger partial charge on any atom is 0.488 e.